The van der Waals surface area contributed by atoms with Gasteiger partial charge in [-0.1, -0.05) is 6.08 Å². The molecule has 0 amide bonds. The highest BCUT2D eigenvalue weighted by Gasteiger charge is 2.19. The number of nitrogens with zero attached hydrogens (tertiary/aromatic N) is 4. The standard InChI is InChI=1S/C23H25N7/c1-2-10-30(11-3-1)21-14-25-13-20-16(21)12-19(26-20)23-22-18(28-29-23)5-4-17(27-22)15-6-8-24-9-7-15/h4-6,12-14,24,26H,1-3,7-11H2,(H,28,29). The van der Waals surface area contributed by atoms with Gasteiger partial charge in [-0.3, -0.25) is 10.1 Å². The van der Waals surface area contributed by atoms with E-state index < -0.39 is 0 Å². The number of H-pyrrole nitrogens is 2. The highest BCUT2D eigenvalue weighted by atomic mass is 15.1. The van der Waals surface area contributed by atoms with Crippen molar-refractivity contribution in [2.45, 2.75) is 25.7 Å². The average Bonchev–Trinajstić information content (AvgIpc) is 3.43. The maximum absolute atomic E-state index is 4.98. The SMILES string of the molecule is C1=C(c2ccc3[nH]nc(-c4cc5c(N6CCCCC6)cncc5[nH]4)c3n2)CCNC1. The second-order valence-electron chi connectivity index (χ2n) is 8.20. The third kappa shape index (κ3) is 2.97. The Hall–Kier alpha value is -3.19. The van der Waals surface area contributed by atoms with Crippen LogP contribution >= 0.6 is 0 Å². The highest BCUT2D eigenvalue weighted by molar-refractivity contribution is 5.98. The van der Waals surface area contributed by atoms with Crippen LogP contribution in [0.2, 0.25) is 0 Å². The van der Waals surface area contributed by atoms with Crippen molar-refractivity contribution in [2.24, 2.45) is 0 Å². The van der Waals surface area contributed by atoms with E-state index in [0.29, 0.717) is 0 Å². The molecule has 152 valence electrons. The largest absolute Gasteiger partial charge is 0.370 e. The van der Waals surface area contributed by atoms with Crippen LogP contribution in [0.5, 0.6) is 0 Å². The quantitative estimate of drug-likeness (QED) is 0.487. The van der Waals surface area contributed by atoms with E-state index >= 15 is 0 Å². The van der Waals surface area contributed by atoms with Crippen molar-refractivity contribution in [3.05, 3.63) is 42.4 Å². The molecule has 0 radical (unpaired) electrons. The zero-order valence-corrected chi connectivity index (χ0v) is 16.9. The van der Waals surface area contributed by atoms with E-state index in [1.165, 1.54) is 35.9 Å². The van der Waals surface area contributed by atoms with E-state index in [0.717, 1.165) is 66.2 Å². The van der Waals surface area contributed by atoms with Crippen molar-refractivity contribution in [1.29, 1.82) is 0 Å². The molecule has 0 aliphatic carbocycles. The molecule has 3 N–H and O–H groups in total. The molecule has 1 saturated heterocycles. The fourth-order valence-corrected chi connectivity index (χ4v) is 4.67. The van der Waals surface area contributed by atoms with Gasteiger partial charge in [0, 0.05) is 25.0 Å². The second-order valence-corrected chi connectivity index (χ2v) is 8.20. The molecule has 7 nitrogen and oxygen atoms in total. The molecule has 4 aromatic rings. The summed E-state index contributed by atoms with van der Waals surface area (Å²) in [5, 5.41) is 12.3. The number of anilines is 1. The predicted molar refractivity (Wildman–Crippen MR) is 121 cm³/mol. The number of fused-ring (bicyclic) bond motifs is 2. The minimum atomic E-state index is 0.863. The molecule has 7 heteroatoms. The average molecular weight is 400 g/mol. The lowest BCUT2D eigenvalue weighted by Gasteiger charge is -2.28. The summed E-state index contributed by atoms with van der Waals surface area (Å²) in [5.41, 5.74) is 8.30. The number of aromatic amines is 2. The number of hydrogen-bond acceptors (Lipinski definition) is 5. The first kappa shape index (κ1) is 17.7. The summed E-state index contributed by atoms with van der Waals surface area (Å²) in [6.07, 6.45) is 10.9. The van der Waals surface area contributed by atoms with Crippen molar-refractivity contribution in [1.82, 2.24) is 30.5 Å². The lowest BCUT2D eigenvalue weighted by Crippen LogP contribution is -2.29. The Morgan fingerprint density at radius 2 is 1.93 bits per heavy atom. The van der Waals surface area contributed by atoms with Gasteiger partial charge in [0.2, 0.25) is 0 Å². The molecule has 0 unspecified atom stereocenters. The number of nitrogens with one attached hydrogen (secondary N) is 3. The van der Waals surface area contributed by atoms with Crippen LogP contribution in [0.3, 0.4) is 0 Å². The molecule has 6 heterocycles. The predicted octanol–water partition coefficient (Wildman–Crippen LogP) is 3.87. The lowest BCUT2D eigenvalue weighted by atomic mass is 10.0. The topological polar surface area (TPSA) is 85.5 Å². The van der Waals surface area contributed by atoms with Crippen LogP contribution in [0.25, 0.3) is 38.9 Å². The number of aromatic nitrogens is 5. The molecular weight excluding hydrogens is 374 g/mol. The zero-order valence-electron chi connectivity index (χ0n) is 16.9. The smallest absolute Gasteiger partial charge is 0.135 e. The van der Waals surface area contributed by atoms with Crippen molar-refractivity contribution >= 4 is 33.2 Å². The molecule has 1 fully saturated rings. The van der Waals surface area contributed by atoms with E-state index in [1.807, 2.05) is 12.4 Å². The maximum Gasteiger partial charge on any atom is 0.135 e. The Balaban J connectivity index is 1.44. The number of hydrogen-bond donors (Lipinski definition) is 3. The summed E-state index contributed by atoms with van der Waals surface area (Å²) in [7, 11) is 0. The Morgan fingerprint density at radius 1 is 1.00 bits per heavy atom. The fraction of sp³-hybridized carbons (Fsp3) is 0.348. The minimum Gasteiger partial charge on any atom is -0.370 e. The Labute approximate surface area is 174 Å². The van der Waals surface area contributed by atoms with Gasteiger partial charge < -0.3 is 15.2 Å². The summed E-state index contributed by atoms with van der Waals surface area (Å²) < 4.78 is 0. The monoisotopic (exact) mass is 399 g/mol. The van der Waals surface area contributed by atoms with Crippen LogP contribution in [0.15, 0.2) is 36.7 Å². The summed E-state index contributed by atoms with van der Waals surface area (Å²) in [4.78, 5) is 15.5. The third-order valence-electron chi connectivity index (χ3n) is 6.28. The molecule has 30 heavy (non-hydrogen) atoms. The number of rotatable bonds is 3. The molecule has 6 rings (SSSR count). The van der Waals surface area contributed by atoms with Crippen molar-refractivity contribution < 1.29 is 0 Å². The maximum atomic E-state index is 4.98. The van der Waals surface area contributed by atoms with Gasteiger partial charge in [0.15, 0.2) is 0 Å². The van der Waals surface area contributed by atoms with E-state index in [2.05, 4.69) is 54.7 Å². The molecule has 0 spiro atoms. The van der Waals surface area contributed by atoms with Crippen LogP contribution < -0.4 is 10.2 Å². The molecule has 0 atom stereocenters. The van der Waals surface area contributed by atoms with Gasteiger partial charge in [-0.15, -0.1) is 0 Å². The third-order valence-corrected chi connectivity index (χ3v) is 6.28. The molecular formula is C23H25N7. The molecule has 2 aliphatic rings. The molecule has 4 aromatic heterocycles. The van der Waals surface area contributed by atoms with Crippen LogP contribution in [0.4, 0.5) is 5.69 Å². The summed E-state index contributed by atoms with van der Waals surface area (Å²) >= 11 is 0. The summed E-state index contributed by atoms with van der Waals surface area (Å²) in [6, 6.07) is 6.38. The summed E-state index contributed by atoms with van der Waals surface area (Å²) in [5.74, 6) is 0. The first-order valence-corrected chi connectivity index (χ1v) is 10.8. The fourth-order valence-electron chi connectivity index (χ4n) is 4.67. The highest BCUT2D eigenvalue weighted by Crippen LogP contribution is 2.33. The zero-order chi connectivity index (χ0) is 19.9. The first-order valence-electron chi connectivity index (χ1n) is 10.8. The van der Waals surface area contributed by atoms with Crippen LogP contribution in [-0.2, 0) is 0 Å². The van der Waals surface area contributed by atoms with E-state index in [1.54, 1.807) is 0 Å². The Bertz CT molecular complexity index is 1240. The normalized spacial score (nSPS) is 17.6. The first-order chi connectivity index (χ1) is 14.9. The van der Waals surface area contributed by atoms with Crippen LogP contribution in [0, 0.1) is 0 Å². The van der Waals surface area contributed by atoms with Gasteiger partial charge in [0.25, 0.3) is 0 Å². The number of pyridine rings is 2. The molecule has 2 aliphatic heterocycles. The van der Waals surface area contributed by atoms with E-state index in [4.69, 9.17) is 4.98 Å². The van der Waals surface area contributed by atoms with Gasteiger partial charge in [-0.05, 0) is 56.0 Å². The van der Waals surface area contributed by atoms with Crippen LogP contribution in [-0.4, -0.2) is 51.3 Å². The van der Waals surface area contributed by atoms with Gasteiger partial charge >= 0.3 is 0 Å². The molecule has 0 bridgehead atoms. The van der Waals surface area contributed by atoms with E-state index in [9.17, 15) is 0 Å². The Kier molecular flexibility index (Phi) is 4.27. The Morgan fingerprint density at radius 3 is 2.80 bits per heavy atom. The van der Waals surface area contributed by atoms with Crippen molar-refractivity contribution in [3.8, 4) is 11.4 Å². The molecule has 0 saturated carbocycles. The van der Waals surface area contributed by atoms with E-state index in [-0.39, 0.29) is 0 Å². The minimum absolute atomic E-state index is 0.863. The lowest BCUT2D eigenvalue weighted by molar-refractivity contribution is 0.578. The van der Waals surface area contributed by atoms with Gasteiger partial charge in [0.1, 0.15) is 11.2 Å². The van der Waals surface area contributed by atoms with Gasteiger partial charge in [0.05, 0.1) is 40.5 Å². The molecule has 0 aromatic carbocycles. The van der Waals surface area contributed by atoms with Crippen LogP contribution in [0.1, 0.15) is 31.4 Å². The van der Waals surface area contributed by atoms with Gasteiger partial charge in [-0.2, -0.15) is 5.10 Å². The summed E-state index contributed by atoms with van der Waals surface area (Å²) in [6.45, 7) is 4.10. The van der Waals surface area contributed by atoms with Crippen molar-refractivity contribution in [3.63, 3.8) is 0 Å². The van der Waals surface area contributed by atoms with Gasteiger partial charge in [-0.25, -0.2) is 4.98 Å². The van der Waals surface area contributed by atoms with Crippen molar-refractivity contribution in [2.75, 3.05) is 31.1 Å². The number of piperidine rings is 1. The second kappa shape index (κ2) is 7.25.